The van der Waals surface area contributed by atoms with Gasteiger partial charge in [-0.1, -0.05) is 12.1 Å². The Balaban J connectivity index is 2.53. The Morgan fingerprint density at radius 2 is 1.79 bits per heavy atom. The van der Waals surface area contributed by atoms with E-state index in [4.69, 9.17) is 4.74 Å². The second-order valence-electron chi connectivity index (χ2n) is 5.43. The van der Waals surface area contributed by atoms with Crippen LogP contribution in [0.1, 0.15) is 22.8 Å². The van der Waals surface area contributed by atoms with E-state index in [9.17, 15) is 19.2 Å². The maximum absolute atomic E-state index is 12.7. The highest BCUT2D eigenvalue weighted by Gasteiger charge is 2.11. The van der Waals surface area contributed by atoms with Crippen molar-refractivity contribution in [2.75, 3.05) is 20.8 Å². The number of esters is 3. The molecule has 0 saturated heterocycles. The van der Waals surface area contributed by atoms with Crippen LogP contribution in [0.25, 0.3) is 12.2 Å². The van der Waals surface area contributed by atoms with Crippen LogP contribution in [-0.2, 0) is 30.3 Å². The topological polar surface area (TPSA) is 101 Å². The summed E-state index contributed by atoms with van der Waals surface area (Å²) in [4.78, 5) is 47.6. The molecule has 0 N–H and O–H groups in total. The van der Waals surface area contributed by atoms with E-state index >= 15 is 0 Å². The highest BCUT2D eigenvalue weighted by Crippen LogP contribution is 2.06. The Labute approximate surface area is 164 Å². The second-order valence-corrected chi connectivity index (χ2v) is 6.49. The molecular weight excluding hydrogens is 386 g/mol. The summed E-state index contributed by atoms with van der Waals surface area (Å²) in [6.07, 6.45) is 2.76. The summed E-state index contributed by atoms with van der Waals surface area (Å²) in [5.41, 5.74) is 0.604. The van der Waals surface area contributed by atoms with Gasteiger partial charge in [0.15, 0.2) is 0 Å². The van der Waals surface area contributed by atoms with Crippen LogP contribution in [0.2, 0.25) is 0 Å². The Bertz CT molecular complexity index is 1050. The number of hydrogen-bond donors (Lipinski definition) is 0. The number of rotatable bonds is 6. The third-order valence-corrected chi connectivity index (χ3v) is 4.67. The largest absolute Gasteiger partial charge is 0.468 e. The highest BCUT2D eigenvalue weighted by molar-refractivity contribution is 7.07. The Hall–Kier alpha value is -3.20. The Morgan fingerprint density at radius 3 is 2.36 bits per heavy atom. The van der Waals surface area contributed by atoms with E-state index in [0.29, 0.717) is 15.7 Å². The first-order valence-corrected chi connectivity index (χ1v) is 9.06. The van der Waals surface area contributed by atoms with Gasteiger partial charge in [-0.25, -0.2) is 9.59 Å². The number of carbonyl (C=O) groups excluding carboxylic acids is 3. The van der Waals surface area contributed by atoms with Crippen molar-refractivity contribution in [1.82, 2.24) is 4.57 Å². The van der Waals surface area contributed by atoms with Gasteiger partial charge in [-0.2, -0.15) is 0 Å². The van der Waals surface area contributed by atoms with Crippen molar-refractivity contribution in [2.24, 2.45) is 0 Å². The molecule has 0 aliphatic rings. The average molecular weight is 405 g/mol. The van der Waals surface area contributed by atoms with Gasteiger partial charge in [-0.15, -0.1) is 11.3 Å². The van der Waals surface area contributed by atoms with Crippen molar-refractivity contribution in [3.8, 4) is 0 Å². The van der Waals surface area contributed by atoms with Crippen LogP contribution in [0.4, 0.5) is 0 Å². The summed E-state index contributed by atoms with van der Waals surface area (Å²) in [7, 11) is 2.50. The van der Waals surface area contributed by atoms with Gasteiger partial charge in [-0.3, -0.25) is 14.2 Å². The number of benzene rings is 1. The van der Waals surface area contributed by atoms with Gasteiger partial charge >= 0.3 is 17.9 Å². The van der Waals surface area contributed by atoms with Gasteiger partial charge in [0.2, 0.25) is 0 Å². The molecule has 0 fully saturated rings. The zero-order chi connectivity index (χ0) is 20.7. The molecule has 1 aromatic heterocycles. The molecular formula is C19H19NO7S. The third kappa shape index (κ3) is 5.17. The van der Waals surface area contributed by atoms with E-state index < -0.39 is 23.5 Å². The first-order chi connectivity index (χ1) is 13.4. The van der Waals surface area contributed by atoms with E-state index in [1.807, 2.05) is 0 Å². The standard InChI is InChI=1S/C19H19NO7S/c1-4-27-16(21)10-15-20(11-17(22)25-2)18(23)14(28-15)9-12-5-7-13(8-6-12)19(24)26-3/h5-10H,4,11H2,1-3H3/b14-9-,15-10-. The zero-order valence-electron chi connectivity index (χ0n) is 15.6. The van der Waals surface area contributed by atoms with Gasteiger partial charge in [0.25, 0.3) is 5.56 Å². The molecule has 0 aliphatic carbocycles. The first kappa shape index (κ1) is 21.1. The minimum Gasteiger partial charge on any atom is -0.468 e. The average Bonchev–Trinajstić information content (AvgIpc) is 2.96. The lowest BCUT2D eigenvalue weighted by Crippen LogP contribution is -2.34. The van der Waals surface area contributed by atoms with E-state index in [1.54, 1.807) is 37.3 Å². The third-order valence-electron chi connectivity index (χ3n) is 3.61. The number of thiazole rings is 1. The van der Waals surface area contributed by atoms with Crippen molar-refractivity contribution >= 4 is 41.4 Å². The summed E-state index contributed by atoms with van der Waals surface area (Å²) >= 11 is 1.04. The van der Waals surface area contributed by atoms with Crippen LogP contribution >= 0.6 is 11.3 Å². The molecule has 8 nitrogen and oxygen atoms in total. The molecule has 0 atom stereocenters. The molecule has 0 bridgehead atoms. The molecule has 2 rings (SSSR count). The van der Waals surface area contributed by atoms with Gasteiger partial charge < -0.3 is 14.2 Å². The van der Waals surface area contributed by atoms with Crippen molar-refractivity contribution < 1.29 is 28.6 Å². The van der Waals surface area contributed by atoms with E-state index in [2.05, 4.69) is 9.47 Å². The normalized spacial score (nSPS) is 12.0. The predicted molar refractivity (Wildman–Crippen MR) is 102 cm³/mol. The fourth-order valence-electron chi connectivity index (χ4n) is 2.26. The molecule has 9 heteroatoms. The van der Waals surface area contributed by atoms with Gasteiger partial charge in [0.05, 0.1) is 37.0 Å². The fourth-order valence-corrected chi connectivity index (χ4v) is 3.29. The number of methoxy groups -OCH3 is 2. The number of ether oxygens (including phenoxy) is 3. The smallest absolute Gasteiger partial charge is 0.337 e. The van der Waals surface area contributed by atoms with Crippen molar-refractivity contribution in [1.29, 1.82) is 0 Å². The maximum atomic E-state index is 12.7. The lowest BCUT2D eigenvalue weighted by Gasteiger charge is -2.00. The van der Waals surface area contributed by atoms with Crippen molar-refractivity contribution in [3.63, 3.8) is 0 Å². The van der Waals surface area contributed by atoms with Crippen molar-refractivity contribution in [3.05, 3.63) is 54.9 Å². The van der Waals surface area contributed by atoms with Crippen LogP contribution < -0.4 is 14.8 Å². The number of nitrogens with zero attached hydrogens (tertiary/aromatic N) is 1. The molecule has 0 radical (unpaired) electrons. The minimum atomic E-state index is -0.618. The SMILES string of the molecule is CCOC(=O)/C=c1\s/c(=C\c2ccc(C(=O)OC)cc2)c(=O)n1CC(=O)OC. The molecule has 1 heterocycles. The van der Waals surface area contributed by atoms with Crippen LogP contribution in [0.5, 0.6) is 0 Å². The Kier molecular flexibility index (Phi) is 7.28. The predicted octanol–water partition coefficient (Wildman–Crippen LogP) is 0.0418. The number of carbonyl (C=O) groups is 3. The molecule has 148 valence electrons. The number of aromatic nitrogens is 1. The van der Waals surface area contributed by atoms with Crippen LogP contribution in [-0.4, -0.2) is 43.3 Å². The lowest BCUT2D eigenvalue weighted by atomic mass is 10.1. The Morgan fingerprint density at radius 1 is 1.11 bits per heavy atom. The van der Waals surface area contributed by atoms with Crippen LogP contribution in [0, 0.1) is 0 Å². The number of hydrogen-bond acceptors (Lipinski definition) is 8. The summed E-state index contributed by atoms with van der Waals surface area (Å²) in [6, 6.07) is 6.46. The zero-order valence-corrected chi connectivity index (χ0v) is 16.4. The molecule has 0 spiro atoms. The van der Waals surface area contributed by atoms with Crippen LogP contribution in [0.3, 0.4) is 0 Å². The molecule has 0 unspecified atom stereocenters. The van der Waals surface area contributed by atoms with E-state index in [-0.39, 0.29) is 17.8 Å². The molecule has 0 saturated carbocycles. The summed E-state index contributed by atoms with van der Waals surface area (Å²) < 4.78 is 15.9. The van der Waals surface area contributed by atoms with Crippen molar-refractivity contribution in [2.45, 2.75) is 13.5 Å². The summed E-state index contributed by atoms with van der Waals surface area (Å²) in [6.45, 7) is 1.53. The lowest BCUT2D eigenvalue weighted by molar-refractivity contribution is -0.141. The van der Waals surface area contributed by atoms with E-state index in [1.165, 1.54) is 14.2 Å². The maximum Gasteiger partial charge on any atom is 0.337 e. The monoisotopic (exact) mass is 405 g/mol. The highest BCUT2D eigenvalue weighted by atomic mass is 32.1. The summed E-state index contributed by atoms with van der Waals surface area (Å²) in [5, 5.41) is 0. The summed E-state index contributed by atoms with van der Waals surface area (Å²) in [5.74, 6) is -1.70. The quantitative estimate of drug-likeness (QED) is 0.494. The minimum absolute atomic E-state index is 0.188. The van der Waals surface area contributed by atoms with Gasteiger partial charge in [0, 0.05) is 0 Å². The van der Waals surface area contributed by atoms with Gasteiger partial charge in [0.1, 0.15) is 11.2 Å². The molecule has 0 aliphatic heterocycles. The van der Waals surface area contributed by atoms with Crippen LogP contribution in [0.15, 0.2) is 29.1 Å². The van der Waals surface area contributed by atoms with E-state index in [0.717, 1.165) is 22.0 Å². The second kappa shape index (κ2) is 9.65. The molecule has 2 aromatic rings. The molecule has 1 aromatic carbocycles. The fraction of sp³-hybridized carbons (Fsp3) is 0.263. The molecule has 0 amide bonds. The van der Waals surface area contributed by atoms with Gasteiger partial charge in [-0.05, 0) is 30.7 Å². The first-order valence-electron chi connectivity index (χ1n) is 8.24. The molecule has 28 heavy (non-hydrogen) atoms.